The first-order chi connectivity index (χ1) is 8.08. The van der Waals surface area contributed by atoms with Gasteiger partial charge in [-0.25, -0.2) is 0 Å². The second-order valence-electron chi connectivity index (χ2n) is 4.64. The van der Waals surface area contributed by atoms with Gasteiger partial charge in [-0.05, 0) is 36.5 Å². The van der Waals surface area contributed by atoms with E-state index in [0.717, 1.165) is 24.1 Å². The minimum absolute atomic E-state index is 0.181. The van der Waals surface area contributed by atoms with Crippen molar-refractivity contribution in [3.05, 3.63) is 29.3 Å². The van der Waals surface area contributed by atoms with E-state index >= 15 is 0 Å². The van der Waals surface area contributed by atoms with Gasteiger partial charge in [0.15, 0.2) is 0 Å². The number of amides is 1. The lowest BCUT2D eigenvalue weighted by Gasteiger charge is -2.20. The normalized spacial score (nSPS) is 12.3. The first kappa shape index (κ1) is 13.6. The van der Waals surface area contributed by atoms with Crippen LogP contribution >= 0.6 is 0 Å². The SMILES string of the molecule is COc1ccc(CC(NC=O)C(C)C)cc1C. The number of benzene rings is 1. The third kappa shape index (κ3) is 3.77. The fraction of sp³-hybridized carbons (Fsp3) is 0.500. The lowest BCUT2D eigenvalue weighted by atomic mass is 9.95. The van der Waals surface area contributed by atoms with E-state index in [1.165, 1.54) is 5.56 Å². The maximum atomic E-state index is 10.5. The molecule has 1 N–H and O–H groups in total. The summed E-state index contributed by atoms with van der Waals surface area (Å²) in [4.78, 5) is 10.5. The predicted octanol–water partition coefficient (Wildman–Crippen LogP) is 2.32. The van der Waals surface area contributed by atoms with Crippen molar-refractivity contribution in [3.63, 3.8) is 0 Å². The molecule has 0 bridgehead atoms. The number of hydrogen-bond acceptors (Lipinski definition) is 2. The Hall–Kier alpha value is -1.51. The minimum Gasteiger partial charge on any atom is -0.496 e. The Kier molecular flexibility index (Phi) is 5.01. The van der Waals surface area contributed by atoms with Crippen molar-refractivity contribution in [2.45, 2.75) is 33.2 Å². The Bertz CT molecular complexity index is 374. The van der Waals surface area contributed by atoms with Crippen LogP contribution in [0.4, 0.5) is 0 Å². The monoisotopic (exact) mass is 235 g/mol. The van der Waals surface area contributed by atoms with Gasteiger partial charge >= 0.3 is 0 Å². The van der Waals surface area contributed by atoms with Crippen LogP contribution in [0.5, 0.6) is 5.75 Å². The standard InChI is InChI=1S/C14H21NO2/c1-10(2)13(15-9-16)8-12-5-6-14(17-4)11(3)7-12/h5-7,9-10,13H,8H2,1-4H3,(H,15,16). The van der Waals surface area contributed by atoms with Crippen LogP contribution in [0.2, 0.25) is 0 Å². The fourth-order valence-electron chi connectivity index (χ4n) is 1.90. The summed E-state index contributed by atoms with van der Waals surface area (Å²) in [5.74, 6) is 1.32. The van der Waals surface area contributed by atoms with Crippen LogP contribution in [0, 0.1) is 12.8 Å². The summed E-state index contributed by atoms with van der Waals surface area (Å²) in [6.45, 7) is 6.25. The van der Waals surface area contributed by atoms with Crippen molar-refractivity contribution in [3.8, 4) is 5.75 Å². The average Bonchev–Trinajstić information content (AvgIpc) is 2.28. The topological polar surface area (TPSA) is 38.3 Å². The molecule has 1 aromatic carbocycles. The number of methoxy groups -OCH3 is 1. The van der Waals surface area contributed by atoms with E-state index in [0.29, 0.717) is 5.92 Å². The van der Waals surface area contributed by atoms with Crippen molar-refractivity contribution >= 4 is 6.41 Å². The maximum Gasteiger partial charge on any atom is 0.207 e. The Morgan fingerprint density at radius 3 is 2.59 bits per heavy atom. The lowest BCUT2D eigenvalue weighted by Crippen LogP contribution is -2.34. The molecule has 0 saturated carbocycles. The zero-order valence-electron chi connectivity index (χ0n) is 11.0. The summed E-state index contributed by atoms with van der Waals surface area (Å²) >= 11 is 0. The van der Waals surface area contributed by atoms with E-state index in [-0.39, 0.29) is 6.04 Å². The van der Waals surface area contributed by atoms with Gasteiger partial charge in [0, 0.05) is 6.04 Å². The Morgan fingerprint density at radius 1 is 1.41 bits per heavy atom. The Morgan fingerprint density at radius 2 is 2.12 bits per heavy atom. The van der Waals surface area contributed by atoms with E-state index in [1.54, 1.807) is 7.11 Å². The average molecular weight is 235 g/mol. The van der Waals surface area contributed by atoms with Gasteiger partial charge in [-0.15, -0.1) is 0 Å². The summed E-state index contributed by atoms with van der Waals surface area (Å²) < 4.78 is 5.23. The molecule has 17 heavy (non-hydrogen) atoms. The highest BCUT2D eigenvalue weighted by Gasteiger charge is 2.13. The molecule has 1 atom stereocenters. The van der Waals surface area contributed by atoms with Crippen molar-refractivity contribution in [1.82, 2.24) is 5.32 Å². The second-order valence-corrected chi connectivity index (χ2v) is 4.64. The van der Waals surface area contributed by atoms with Crippen LogP contribution in [-0.4, -0.2) is 19.6 Å². The molecule has 94 valence electrons. The highest BCUT2D eigenvalue weighted by atomic mass is 16.5. The quantitative estimate of drug-likeness (QED) is 0.768. The molecular weight excluding hydrogens is 214 g/mol. The number of ether oxygens (including phenoxy) is 1. The van der Waals surface area contributed by atoms with Gasteiger partial charge in [-0.3, -0.25) is 4.79 Å². The van der Waals surface area contributed by atoms with Gasteiger partial charge in [0.1, 0.15) is 5.75 Å². The zero-order chi connectivity index (χ0) is 12.8. The molecule has 0 aliphatic rings. The lowest BCUT2D eigenvalue weighted by molar-refractivity contribution is -0.110. The van der Waals surface area contributed by atoms with Crippen LogP contribution < -0.4 is 10.1 Å². The van der Waals surface area contributed by atoms with Crippen molar-refractivity contribution in [2.24, 2.45) is 5.92 Å². The van der Waals surface area contributed by atoms with E-state index in [1.807, 2.05) is 19.1 Å². The Balaban J connectivity index is 2.79. The third-order valence-corrected chi connectivity index (χ3v) is 3.00. The van der Waals surface area contributed by atoms with Gasteiger partial charge in [-0.1, -0.05) is 26.0 Å². The van der Waals surface area contributed by atoms with Crippen LogP contribution in [-0.2, 0) is 11.2 Å². The van der Waals surface area contributed by atoms with Crippen LogP contribution in [0.25, 0.3) is 0 Å². The molecule has 0 heterocycles. The molecule has 1 amide bonds. The number of hydrogen-bond donors (Lipinski definition) is 1. The van der Waals surface area contributed by atoms with E-state index < -0.39 is 0 Å². The third-order valence-electron chi connectivity index (χ3n) is 3.00. The molecular formula is C14H21NO2. The largest absolute Gasteiger partial charge is 0.496 e. The Labute approximate surface area is 103 Å². The maximum absolute atomic E-state index is 10.5. The molecule has 0 radical (unpaired) electrons. The molecule has 0 aliphatic carbocycles. The van der Waals surface area contributed by atoms with Gasteiger partial charge in [0.2, 0.25) is 6.41 Å². The van der Waals surface area contributed by atoms with E-state index in [4.69, 9.17) is 4.74 Å². The first-order valence-electron chi connectivity index (χ1n) is 5.91. The molecule has 1 aromatic rings. The molecule has 3 nitrogen and oxygen atoms in total. The van der Waals surface area contributed by atoms with Crippen molar-refractivity contribution in [1.29, 1.82) is 0 Å². The first-order valence-corrected chi connectivity index (χ1v) is 5.91. The molecule has 0 spiro atoms. The molecule has 3 heteroatoms. The van der Waals surface area contributed by atoms with Crippen molar-refractivity contribution in [2.75, 3.05) is 7.11 Å². The molecule has 0 aliphatic heterocycles. The van der Waals surface area contributed by atoms with Crippen molar-refractivity contribution < 1.29 is 9.53 Å². The number of carbonyl (C=O) groups excluding carboxylic acids is 1. The number of aryl methyl sites for hydroxylation is 1. The summed E-state index contributed by atoms with van der Waals surface area (Å²) in [5.41, 5.74) is 2.34. The summed E-state index contributed by atoms with van der Waals surface area (Å²) in [6.07, 6.45) is 1.63. The molecule has 1 rings (SSSR count). The summed E-state index contributed by atoms with van der Waals surface area (Å²) in [5, 5.41) is 2.87. The highest BCUT2D eigenvalue weighted by molar-refractivity contribution is 5.47. The molecule has 0 saturated heterocycles. The molecule has 0 aromatic heterocycles. The number of nitrogens with one attached hydrogen (secondary N) is 1. The van der Waals surface area contributed by atoms with Gasteiger partial charge in [0.05, 0.1) is 7.11 Å². The van der Waals surface area contributed by atoms with Gasteiger partial charge in [-0.2, -0.15) is 0 Å². The highest BCUT2D eigenvalue weighted by Crippen LogP contribution is 2.20. The van der Waals surface area contributed by atoms with Crippen LogP contribution in [0.3, 0.4) is 0 Å². The fourth-order valence-corrected chi connectivity index (χ4v) is 1.90. The smallest absolute Gasteiger partial charge is 0.207 e. The van der Waals surface area contributed by atoms with Crippen LogP contribution in [0.15, 0.2) is 18.2 Å². The summed E-state index contributed by atoms with van der Waals surface area (Å²) in [6, 6.07) is 6.32. The number of carbonyl (C=O) groups is 1. The van der Waals surface area contributed by atoms with Crippen LogP contribution in [0.1, 0.15) is 25.0 Å². The molecule has 0 fully saturated rings. The van der Waals surface area contributed by atoms with Gasteiger partial charge < -0.3 is 10.1 Å². The van der Waals surface area contributed by atoms with E-state index in [9.17, 15) is 4.79 Å². The zero-order valence-corrected chi connectivity index (χ0v) is 11.0. The van der Waals surface area contributed by atoms with Gasteiger partial charge in [0.25, 0.3) is 0 Å². The minimum atomic E-state index is 0.181. The molecule has 1 unspecified atom stereocenters. The number of rotatable bonds is 6. The predicted molar refractivity (Wildman–Crippen MR) is 69.3 cm³/mol. The summed E-state index contributed by atoms with van der Waals surface area (Å²) in [7, 11) is 1.67. The van der Waals surface area contributed by atoms with E-state index in [2.05, 4.69) is 25.2 Å². The second kappa shape index (κ2) is 6.28.